The lowest BCUT2D eigenvalue weighted by Gasteiger charge is -2.11. The molecular weight excluding hydrogens is 371 g/mol. The van der Waals surface area contributed by atoms with Crippen molar-refractivity contribution in [3.05, 3.63) is 76.3 Å². The zero-order valence-corrected chi connectivity index (χ0v) is 15.0. The Morgan fingerprint density at radius 2 is 1.96 bits per heavy atom. The van der Waals surface area contributed by atoms with Gasteiger partial charge in [0.05, 0.1) is 5.97 Å². The maximum atomic E-state index is 13.0. The average Bonchev–Trinajstić information content (AvgIpc) is 3.06. The Balaban J connectivity index is 1.81. The van der Waals surface area contributed by atoms with Gasteiger partial charge in [-0.3, -0.25) is 0 Å². The normalized spacial score (nSPS) is 11.4. The van der Waals surface area contributed by atoms with Crippen LogP contribution >= 0.6 is 11.8 Å². The molecule has 1 heterocycles. The van der Waals surface area contributed by atoms with E-state index in [1.54, 1.807) is 43.3 Å². The molecule has 1 aromatic heterocycles. The van der Waals surface area contributed by atoms with Gasteiger partial charge >= 0.3 is 0 Å². The van der Waals surface area contributed by atoms with E-state index >= 15 is 0 Å². The van der Waals surface area contributed by atoms with Crippen LogP contribution in [0.3, 0.4) is 0 Å². The molecule has 2 aromatic carbocycles. The number of carboxylic acid groups (broad SMARTS) is 1. The fraction of sp³-hybridized carbons (Fsp3) is 0.105. The molecule has 0 aliphatic carbocycles. The molecule has 27 heavy (non-hydrogen) atoms. The van der Waals surface area contributed by atoms with Gasteiger partial charge in [0.25, 0.3) is 5.22 Å². The number of carbonyl (C=O) groups excluding carboxylic acids is 1. The number of carbonyl (C=O) groups is 1. The molecule has 0 amide bonds. The van der Waals surface area contributed by atoms with Crippen molar-refractivity contribution in [3.8, 4) is 5.75 Å². The van der Waals surface area contributed by atoms with Crippen LogP contribution in [0.4, 0.5) is 4.39 Å². The molecule has 0 unspecified atom stereocenters. The van der Waals surface area contributed by atoms with Crippen LogP contribution in [0.2, 0.25) is 0 Å². The Kier molecular flexibility index (Phi) is 5.87. The topological polar surface area (TPSA) is 88.3 Å². The molecule has 0 aliphatic heterocycles. The van der Waals surface area contributed by atoms with Gasteiger partial charge in [-0.15, -0.1) is 10.2 Å². The van der Waals surface area contributed by atoms with E-state index in [4.69, 9.17) is 9.15 Å². The van der Waals surface area contributed by atoms with Gasteiger partial charge < -0.3 is 19.1 Å². The predicted octanol–water partition coefficient (Wildman–Crippen LogP) is 2.98. The average molecular weight is 385 g/mol. The summed E-state index contributed by atoms with van der Waals surface area (Å²) in [5.41, 5.74) is 1.33. The van der Waals surface area contributed by atoms with Crippen LogP contribution in [-0.4, -0.2) is 16.2 Å². The lowest BCUT2D eigenvalue weighted by atomic mass is 10.2. The van der Waals surface area contributed by atoms with Crippen LogP contribution in [0.5, 0.6) is 5.75 Å². The number of thioether (sulfide) groups is 1. The summed E-state index contributed by atoms with van der Waals surface area (Å²) in [5, 5.41) is 19.0. The minimum Gasteiger partial charge on any atom is -0.544 e. The van der Waals surface area contributed by atoms with Gasteiger partial charge in [-0.05, 0) is 41.6 Å². The van der Waals surface area contributed by atoms with E-state index in [1.165, 1.54) is 18.2 Å². The molecule has 0 saturated heterocycles. The third kappa shape index (κ3) is 5.18. The first-order valence-corrected chi connectivity index (χ1v) is 8.70. The fourth-order valence-electron chi connectivity index (χ4n) is 2.16. The number of aliphatic carboxylic acids is 1. The summed E-state index contributed by atoms with van der Waals surface area (Å²) in [4.78, 5) is 11.4. The van der Waals surface area contributed by atoms with Gasteiger partial charge in [0.15, 0.2) is 0 Å². The zero-order valence-electron chi connectivity index (χ0n) is 14.2. The first-order valence-electron chi connectivity index (χ1n) is 7.88. The summed E-state index contributed by atoms with van der Waals surface area (Å²) in [6.07, 6.45) is 1.42. The van der Waals surface area contributed by atoms with E-state index in [-0.39, 0.29) is 22.6 Å². The van der Waals surface area contributed by atoms with Crippen molar-refractivity contribution in [2.75, 3.05) is 0 Å². The first-order chi connectivity index (χ1) is 13.0. The van der Waals surface area contributed by atoms with Crippen molar-refractivity contribution >= 4 is 23.8 Å². The third-order valence-electron chi connectivity index (χ3n) is 3.42. The highest BCUT2D eigenvalue weighted by Crippen LogP contribution is 2.29. The molecule has 0 radical (unpaired) electrons. The van der Waals surface area contributed by atoms with Crippen LogP contribution in [0.15, 0.2) is 63.1 Å². The smallest absolute Gasteiger partial charge is 0.281 e. The molecule has 0 aliphatic rings. The number of hydrogen-bond acceptors (Lipinski definition) is 7. The van der Waals surface area contributed by atoms with Crippen molar-refractivity contribution < 1.29 is 23.4 Å². The number of halogens is 1. The fourth-order valence-corrected chi connectivity index (χ4v) is 2.86. The van der Waals surface area contributed by atoms with Crippen molar-refractivity contribution in [1.29, 1.82) is 0 Å². The number of aromatic nitrogens is 2. The molecule has 0 atom stereocenters. The minimum atomic E-state index is -1.37. The third-order valence-corrected chi connectivity index (χ3v) is 4.26. The zero-order chi connectivity index (χ0) is 19.2. The second-order valence-electron chi connectivity index (χ2n) is 5.44. The van der Waals surface area contributed by atoms with Crippen molar-refractivity contribution in [2.24, 2.45) is 0 Å². The summed E-state index contributed by atoms with van der Waals surface area (Å²) in [5.74, 6) is -0.890. The van der Waals surface area contributed by atoms with E-state index in [2.05, 4.69) is 10.2 Å². The summed E-state index contributed by atoms with van der Waals surface area (Å²) in [6.45, 7) is 1.82. The summed E-state index contributed by atoms with van der Waals surface area (Å²) in [7, 11) is 0. The molecule has 3 aromatic rings. The van der Waals surface area contributed by atoms with E-state index in [0.717, 1.165) is 17.3 Å². The quantitative estimate of drug-likeness (QED) is 0.456. The molecule has 0 spiro atoms. The number of para-hydroxylation sites is 1. The van der Waals surface area contributed by atoms with Crippen LogP contribution in [0.25, 0.3) is 6.08 Å². The first kappa shape index (κ1) is 18.7. The molecule has 0 bridgehead atoms. The van der Waals surface area contributed by atoms with Crippen molar-refractivity contribution in [3.63, 3.8) is 0 Å². The van der Waals surface area contributed by atoms with Gasteiger partial charge in [-0.1, -0.05) is 30.3 Å². The number of carboxylic acids is 1. The van der Waals surface area contributed by atoms with Gasteiger partial charge in [0.2, 0.25) is 5.89 Å². The molecule has 138 valence electrons. The number of benzene rings is 2. The Bertz CT molecular complexity index is 970. The lowest BCUT2D eigenvalue weighted by molar-refractivity contribution is -0.298. The summed E-state index contributed by atoms with van der Waals surface area (Å²) in [6, 6.07) is 12.9. The molecule has 6 nitrogen and oxygen atoms in total. The van der Waals surface area contributed by atoms with Gasteiger partial charge in [-0.25, -0.2) is 4.39 Å². The molecule has 0 saturated carbocycles. The number of ether oxygens (including phenoxy) is 1. The van der Waals surface area contributed by atoms with Crippen LogP contribution in [0, 0.1) is 12.7 Å². The van der Waals surface area contributed by atoms with E-state index < -0.39 is 5.97 Å². The maximum absolute atomic E-state index is 13.0. The molecular formula is C19H14FN2O4S-. The van der Waals surface area contributed by atoms with Crippen LogP contribution < -0.4 is 9.84 Å². The number of aryl methyl sites for hydroxylation is 1. The Morgan fingerprint density at radius 3 is 2.63 bits per heavy atom. The predicted molar refractivity (Wildman–Crippen MR) is 95.1 cm³/mol. The Labute approximate surface area is 158 Å². The molecule has 0 N–H and O–H groups in total. The van der Waals surface area contributed by atoms with E-state index in [0.29, 0.717) is 17.2 Å². The van der Waals surface area contributed by atoms with Gasteiger partial charge in [0.1, 0.15) is 18.2 Å². The monoisotopic (exact) mass is 385 g/mol. The van der Waals surface area contributed by atoms with Gasteiger partial charge in [0, 0.05) is 17.4 Å². The number of rotatable bonds is 7. The Morgan fingerprint density at radius 1 is 1.22 bits per heavy atom. The lowest BCUT2D eigenvalue weighted by Crippen LogP contribution is -2.23. The Hall–Kier alpha value is -3.13. The highest BCUT2D eigenvalue weighted by Gasteiger charge is 2.11. The van der Waals surface area contributed by atoms with Crippen LogP contribution in [0.1, 0.15) is 17.0 Å². The van der Waals surface area contributed by atoms with Crippen LogP contribution in [-0.2, 0) is 11.4 Å². The summed E-state index contributed by atoms with van der Waals surface area (Å²) >= 11 is 0.799. The maximum Gasteiger partial charge on any atom is 0.281 e. The van der Waals surface area contributed by atoms with Gasteiger partial charge in [-0.2, -0.15) is 0 Å². The number of nitrogens with zero attached hydrogens (tertiary/aromatic N) is 2. The second-order valence-corrected chi connectivity index (χ2v) is 6.43. The van der Waals surface area contributed by atoms with E-state index in [1.807, 2.05) is 0 Å². The van der Waals surface area contributed by atoms with Crippen molar-refractivity contribution in [1.82, 2.24) is 10.2 Å². The SMILES string of the molecule is Cc1nnc(S/C(=C\c2ccccc2OCc2ccc(F)cc2)C(=O)[O-])o1. The summed E-state index contributed by atoms with van der Waals surface area (Å²) < 4.78 is 23.9. The molecule has 3 rings (SSSR count). The minimum absolute atomic E-state index is 0.100. The second kappa shape index (κ2) is 8.50. The highest BCUT2D eigenvalue weighted by atomic mass is 32.2. The highest BCUT2D eigenvalue weighted by molar-refractivity contribution is 8.03. The standard InChI is InChI=1S/C19H15FN2O4S/c1-12-21-22-19(26-12)27-17(18(23)24)10-14-4-2-3-5-16(14)25-11-13-6-8-15(20)9-7-13/h2-10H,11H2,1H3,(H,23,24)/p-1/b17-10-. The molecule has 0 fully saturated rings. The van der Waals surface area contributed by atoms with Crippen molar-refractivity contribution in [2.45, 2.75) is 18.8 Å². The largest absolute Gasteiger partial charge is 0.544 e. The molecule has 8 heteroatoms. The number of hydrogen-bond donors (Lipinski definition) is 0. The van der Waals surface area contributed by atoms with E-state index in [9.17, 15) is 14.3 Å².